The SMILES string of the molecule is CCOc1ccc2nc(S(C)(=O)=O)[nH]c2c1. The zero-order valence-corrected chi connectivity index (χ0v) is 9.84. The second-order valence-electron chi connectivity index (χ2n) is 3.43. The maximum Gasteiger partial charge on any atom is 0.225 e. The summed E-state index contributed by atoms with van der Waals surface area (Å²) in [5, 5.41) is -0.0175. The third-order valence-corrected chi connectivity index (χ3v) is 2.99. The highest BCUT2D eigenvalue weighted by Crippen LogP contribution is 2.20. The molecule has 0 spiro atoms. The molecule has 0 unspecified atom stereocenters. The van der Waals surface area contributed by atoms with E-state index in [1.807, 2.05) is 6.92 Å². The maximum absolute atomic E-state index is 11.3. The van der Waals surface area contributed by atoms with Crippen LogP contribution in [0, 0.1) is 0 Å². The molecule has 0 aliphatic rings. The van der Waals surface area contributed by atoms with E-state index in [4.69, 9.17) is 4.74 Å². The highest BCUT2D eigenvalue weighted by atomic mass is 32.2. The van der Waals surface area contributed by atoms with Gasteiger partial charge in [0.1, 0.15) is 5.75 Å². The zero-order valence-electron chi connectivity index (χ0n) is 9.02. The molecule has 0 saturated heterocycles. The van der Waals surface area contributed by atoms with E-state index in [1.165, 1.54) is 0 Å². The minimum Gasteiger partial charge on any atom is -0.494 e. The molecule has 0 bridgehead atoms. The Balaban J connectivity index is 2.54. The Morgan fingerprint density at radius 3 is 2.81 bits per heavy atom. The van der Waals surface area contributed by atoms with E-state index in [-0.39, 0.29) is 5.16 Å². The van der Waals surface area contributed by atoms with E-state index in [9.17, 15) is 8.42 Å². The predicted molar refractivity (Wildman–Crippen MR) is 60.4 cm³/mol. The van der Waals surface area contributed by atoms with Crippen LogP contribution >= 0.6 is 0 Å². The molecule has 6 heteroatoms. The van der Waals surface area contributed by atoms with Gasteiger partial charge in [0.25, 0.3) is 0 Å². The number of imidazole rings is 1. The summed E-state index contributed by atoms with van der Waals surface area (Å²) in [7, 11) is -3.30. The third kappa shape index (κ3) is 2.01. The summed E-state index contributed by atoms with van der Waals surface area (Å²) in [6.45, 7) is 2.46. The number of sulfone groups is 1. The van der Waals surface area contributed by atoms with Crippen molar-refractivity contribution in [2.75, 3.05) is 12.9 Å². The van der Waals surface area contributed by atoms with Crippen LogP contribution in [0.25, 0.3) is 11.0 Å². The number of fused-ring (bicyclic) bond motifs is 1. The van der Waals surface area contributed by atoms with Crippen molar-refractivity contribution >= 4 is 20.9 Å². The van der Waals surface area contributed by atoms with Gasteiger partial charge in [-0.3, -0.25) is 0 Å². The smallest absolute Gasteiger partial charge is 0.225 e. The molecule has 2 rings (SSSR count). The van der Waals surface area contributed by atoms with Crippen LogP contribution in [0.2, 0.25) is 0 Å². The molecule has 0 aliphatic heterocycles. The number of aromatic nitrogens is 2. The monoisotopic (exact) mass is 240 g/mol. The van der Waals surface area contributed by atoms with E-state index < -0.39 is 9.84 Å². The van der Waals surface area contributed by atoms with Gasteiger partial charge in [-0.25, -0.2) is 13.4 Å². The Morgan fingerprint density at radius 1 is 1.44 bits per heavy atom. The molecule has 1 aromatic heterocycles. The lowest BCUT2D eigenvalue weighted by atomic mass is 10.3. The summed E-state index contributed by atoms with van der Waals surface area (Å²) in [6, 6.07) is 5.23. The van der Waals surface area contributed by atoms with E-state index in [0.717, 1.165) is 6.26 Å². The molecule has 0 saturated carbocycles. The normalized spacial score (nSPS) is 11.9. The fourth-order valence-corrected chi connectivity index (χ4v) is 1.96. The number of nitrogens with one attached hydrogen (secondary N) is 1. The van der Waals surface area contributed by atoms with Crippen LogP contribution in [0.15, 0.2) is 23.4 Å². The maximum atomic E-state index is 11.3. The second kappa shape index (κ2) is 3.79. The lowest BCUT2D eigenvalue weighted by molar-refractivity contribution is 0.340. The van der Waals surface area contributed by atoms with Crippen molar-refractivity contribution < 1.29 is 13.2 Å². The molecule has 5 nitrogen and oxygen atoms in total. The van der Waals surface area contributed by atoms with Crippen molar-refractivity contribution in [3.63, 3.8) is 0 Å². The van der Waals surface area contributed by atoms with Crippen LogP contribution < -0.4 is 4.74 Å². The molecule has 1 heterocycles. The third-order valence-electron chi connectivity index (χ3n) is 2.09. The second-order valence-corrected chi connectivity index (χ2v) is 5.36. The number of H-pyrrole nitrogens is 1. The fourth-order valence-electron chi connectivity index (χ4n) is 1.40. The first-order valence-corrected chi connectivity index (χ1v) is 6.72. The molecule has 16 heavy (non-hydrogen) atoms. The van der Waals surface area contributed by atoms with Gasteiger partial charge < -0.3 is 9.72 Å². The van der Waals surface area contributed by atoms with Crippen LogP contribution in [-0.4, -0.2) is 31.2 Å². The van der Waals surface area contributed by atoms with Gasteiger partial charge in [0.05, 0.1) is 17.6 Å². The molecule has 1 aromatic carbocycles. The first-order chi connectivity index (χ1) is 7.50. The topological polar surface area (TPSA) is 72.0 Å². The first kappa shape index (κ1) is 10.9. The summed E-state index contributed by atoms with van der Waals surface area (Å²) in [6.07, 6.45) is 1.12. The van der Waals surface area contributed by atoms with Crippen LogP contribution in [0.1, 0.15) is 6.92 Å². The van der Waals surface area contributed by atoms with Crippen molar-refractivity contribution in [1.29, 1.82) is 0 Å². The number of rotatable bonds is 3. The molecule has 0 atom stereocenters. The summed E-state index contributed by atoms with van der Waals surface area (Å²) in [4.78, 5) is 6.74. The summed E-state index contributed by atoms with van der Waals surface area (Å²) < 4.78 is 27.9. The average molecular weight is 240 g/mol. The number of hydrogen-bond acceptors (Lipinski definition) is 4. The van der Waals surface area contributed by atoms with Crippen molar-refractivity contribution in [1.82, 2.24) is 9.97 Å². The van der Waals surface area contributed by atoms with Crippen molar-refractivity contribution in [2.24, 2.45) is 0 Å². The number of aromatic amines is 1. The Hall–Kier alpha value is -1.56. The molecule has 0 aliphatic carbocycles. The molecule has 0 amide bonds. The number of benzene rings is 1. The summed E-state index contributed by atoms with van der Waals surface area (Å²) >= 11 is 0. The molecule has 86 valence electrons. The molecular formula is C10H12N2O3S. The summed E-state index contributed by atoms with van der Waals surface area (Å²) in [5.74, 6) is 0.693. The minimum absolute atomic E-state index is 0.0175. The highest BCUT2D eigenvalue weighted by molar-refractivity contribution is 7.90. The Labute approximate surface area is 93.4 Å². The lowest BCUT2D eigenvalue weighted by Crippen LogP contribution is -1.98. The molecular weight excluding hydrogens is 228 g/mol. The number of hydrogen-bond donors (Lipinski definition) is 1. The highest BCUT2D eigenvalue weighted by Gasteiger charge is 2.12. The van der Waals surface area contributed by atoms with Crippen molar-refractivity contribution in [3.8, 4) is 5.75 Å². The average Bonchev–Trinajstić information content (AvgIpc) is 2.60. The van der Waals surface area contributed by atoms with Gasteiger partial charge in [-0.2, -0.15) is 0 Å². The Bertz CT molecular complexity index is 616. The number of ether oxygens (including phenoxy) is 1. The van der Waals surface area contributed by atoms with E-state index in [1.54, 1.807) is 18.2 Å². The van der Waals surface area contributed by atoms with E-state index in [0.29, 0.717) is 23.4 Å². The molecule has 2 aromatic rings. The van der Waals surface area contributed by atoms with Crippen molar-refractivity contribution in [2.45, 2.75) is 12.1 Å². The van der Waals surface area contributed by atoms with Gasteiger partial charge in [-0.1, -0.05) is 0 Å². The van der Waals surface area contributed by atoms with Crippen LogP contribution in [-0.2, 0) is 9.84 Å². The molecule has 1 N–H and O–H groups in total. The van der Waals surface area contributed by atoms with E-state index in [2.05, 4.69) is 9.97 Å². The largest absolute Gasteiger partial charge is 0.494 e. The van der Waals surface area contributed by atoms with Gasteiger partial charge in [0, 0.05) is 12.3 Å². The van der Waals surface area contributed by atoms with Crippen LogP contribution in [0.4, 0.5) is 0 Å². The first-order valence-electron chi connectivity index (χ1n) is 4.83. The fraction of sp³-hybridized carbons (Fsp3) is 0.300. The number of nitrogens with zero attached hydrogens (tertiary/aromatic N) is 1. The molecule has 0 radical (unpaired) electrons. The predicted octanol–water partition coefficient (Wildman–Crippen LogP) is 1.37. The standard InChI is InChI=1S/C10H12N2O3S/c1-3-15-7-4-5-8-9(6-7)12-10(11-8)16(2,13)14/h4-6H,3H2,1-2H3,(H,11,12). The Kier molecular flexibility index (Phi) is 2.59. The molecule has 0 fully saturated rings. The van der Waals surface area contributed by atoms with Crippen LogP contribution in [0.5, 0.6) is 5.75 Å². The van der Waals surface area contributed by atoms with Gasteiger partial charge in [0.2, 0.25) is 15.0 Å². The van der Waals surface area contributed by atoms with Gasteiger partial charge in [-0.15, -0.1) is 0 Å². The quantitative estimate of drug-likeness (QED) is 0.879. The van der Waals surface area contributed by atoms with Gasteiger partial charge >= 0.3 is 0 Å². The van der Waals surface area contributed by atoms with Gasteiger partial charge in [0.15, 0.2) is 0 Å². The Morgan fingerprint density at radius 2 is 2.19 bits per heavy atom. The summed E-state index contributed by atoms with van der Waals surface area (Å²) in [5.41, 5.74) is 1.27. The van der Waals surface area contributed by atoms with Crippen molar-refractivity contribution in [3.05, 3.63) is 18.2 Å². The van der Waals surface area contributed by atoms with Crippen LogP contribution in [0.3, 0.4) is 0 Å². The zero-order chi connectivity index (χ0) is 11.8. The van der Waals surface area contributed by atoms with E-state index >= 15 is 0 Å². The van der Waals surface area contributed by atoms with Gasteiger partial charge in [-0.05, 0) is 19.1 Å². The lowest BCUT2D eigenvalue weighted by Gasteiger charge is -2.00. The minimum atomic E-state index is -3.30.